The third kappa shape index (κ3) is 3.54. The summed E-state index contributed by atoms with van der Waals surface area (Å²) in [6.07, 6.45) is 5.13. The minimum atomic E-state index is -2.80. The summed E-state index contributed by atoms with van der Waals surface area (Å²) < 4.78 is 33.6. The number of carbonyl (C=O) groups excluding carboxylic acids is 1. The Hall–Kier alpha value is -4.42. The summed E-state index contributed by atoms with van der Waals surface area (Å²) in [5.74, 6) is -0.622. The Balaban J connectivity index is 1.38. The maximum absolute atomic E-state index is 13.6. The van der Waals surface area contributed by atoms with E-state index < -0.39 is 18.5 Å². The molecule has 6 rings (SSSR count). The summed E-state index contributed by atoms with van der Waals surface area (Å²) in [5.41, 5.74) is 4.41. The first kappa shape index (κ1) is 22.1. The van der Waals surface area contributed by atoms with E-state index >= 15 is 0 Å². The van der Waals surface area contributed by atoms with Gasteiger partial charge in [0.15, 0.2) is 0 Å². The van der Waals surface area contributed by atoms with Gasteiger partial charge in [0.2, 0.25) is 0 Å². The molecule has 13 heteroatoms. The lowest BCUT2D eigenvalue weighted by atomic mass is 9.98. The lowest BCUT2D eigenvalue weighted by Gasteiger charge is -2.32. The number of nitrogens with one attached hydrogen (secondary N) is 1. The molecule has 5 aromatic rings. The van der Waals surface area contributed by atoms with Crippen LogP contribution >= 0.6 is 0 Å². The van der Waals surface area contributed by atoms with Crippen LogP contribution in [-0.2, 0) is 6.42 Å². The van der Waals surface area contributed by atoms with Gasteiger partial charge >= 0.3 is 18.3 Å². The second-order valence-corrected chi connectivity index (χ2v) is 8.81. The van der Waals surface area contributed by atoms with E-state index in [0.717, 1.165) is 23.0 Å². The van der Waals surface area contributed by atoms with Crippen molar-refractivity contribution >= 4 is 11.4 Å². The van der Waals surface area contributed by atoms with E-state index in [1.165, 1.54) is 6.07 Å². The van der Waals surface area contributed by atoms with Gasteiger partial charge in [-0.1, -0.05) is 19.9 Å². The molecule has 0 spiro atoms. The zero-order valence-electron chi connectivity index (χ0n) is 19.3. The fourth-order valence-corrected chi connectivity index (χ4v) is 4.57. The van der Waals surface area contributed by atoms with Gasteiger partial charge in [0.1, 0.15) is 11.7 Å². The van der Waals surface area contributed by atoms with E-state index in [4.69, 9.17) is 9.52 Å². The summed E-state index contributed by atoms with van der Waals surface area (Å²) in [7, 11) is 0. The van der Waals surface area contributed by atoms with Crippen LogP contribution in [0.5, 0.6) is 0 Å². The maximum Gasteiger partial charge on any atom is 0.333 e. The average Bonchev–Trinajstić information content (AvgIpc) is 3.66. The number of pyridine rings is 1. The summed E-state index contributed by atoms with van der Waals surface area (Å²) in [6.45, 7) is 1.78. The highest BCUT2D eigenvalue weighted by Gasteiger charge is 2.38. The number of imidazole rings is 1. The van der Waals surface area contributed by atoms with Gasteiger partial charge in [-0.25, -0.2) is 14.2 Å². The van der Waals surface area contributed by atoms with Gasteiger partial charge in [-0.2, -0.15) is 19.0 Å². The molecule has 36 heavy (non-hydrogen) atoms. The molecule has 0 saturated heterocycles. The number of halogens is 2. The number of rotatable bonds is 5. The van der Waals surface area contributed by atoms with E-state index in [2.05, 4.69) is 45.2 Å². The Morgan fingerprint density at radius 2 is 2.06 bits per heavy atom. The third-order valence-electron chi connectivity index (χ3n) is 6.28. The number of aromatic amines is 1. The molecule has 1 aliphatic heterocycles. The van der Waals surface area contributed by atoms with Crippen molar-refractivity contribution < 1.29 is 18.0 Å². The van der Waals surface area contributed by atoms with Gasteiger partial charge in [0.05, 0.1) is 23.2 Å². The van der Waals surface area contributed by atoms with Gasteiger partial charge in [-0.15, -0.1) is 10.2 Å². The highest BCUT2D eigenvalue weighted by Crippen LogP contribution is 2.35. The Morgan fingerprint density at radius 1 is 1.19 bits per heavy atom. The first-order valence-corrected chi connectivity index (χ1v) is 11.4. The van der Waals surface area contributed by atoms with E-state index in [1.54, 1.807) is 15.7 Å². The number of carbonyl (C=O) groups is 1. The molecule has 1 amide bonds. The largest absolute Gasteiger partial charge is 0.411 e. The number of hydrogen-bond donors (Lipinski definition) is 1. The van der Waals surface area contributed by atoms with Crippen LogP contribution in [0, 0.1) is 0 Å². The van der Waals surface area contributed by atoms with Crippen LogP contribution in [0.25, 0.3) is 17.1 Å². The first-order chi connectivity index (χ1) is 17.4. The van der Waals surface area contributed by atoms with Crippen molar-refractivity contribution in [2.45, 2.75) is 38.8 Å². The number of aromatic nitrogens is 8. The van der Waals surface area contributed by atoms with Crippen molar-refractivity contribution in [1.82, 2.24) is 44.5 Å². The Labute approximate surface area is 202 Å². The van der Waals surface area contributed by atoms with Crippen LogP contribution in [0.4, 0.5) is 8.78 Å². The summed E-state index contributed by atoms with van der Waals surface area (Å²) in [5, 5.41) is 16.2. The van der Waals surface area contributed by atoms with Crippen molar-refractivity contribution in [2.24, 2.45) is 0 Å². The highest BCUT2D eigenvalue weighted by molar-refractivity contribution is 5.90. The molecule has 11 nitrogen and oxygen atoms in total. The topological polar surface area (TPSA) is 123 Å². The lowest BCUT2D eigenvalue weighted by molar-refractivity contribution is 0.0566. The van der Waals surface area contributed by atoms with Gasteiger partial charge in [-0.3, -0.25) is 4.79 Å². The summed E-state index contributed by atoms with van der Waals surface area (Å²) in [4.78, 5) is 22.8. The number of hydrogen-bond acceptors (Lipinski definition) is 7. The fourth-order valence-electron chi connectivity index (χ4n) is 4.57. The van der Waals surface area contributed by atoms with Crippen LogP contribution < -0.4 is 0 Å². The quantitative estimate of drug-likeness (QED) is 0.397. The monoisotopic (exact) mass is 493 g/mol. The molecular formula is C23H21F2N9O2. The predicted octanol–water partition coefficient (Wildman–Crippen LogP) is 3.61. The van der Waals surface area contributed by atoms with E-state index in [9.17, 15) is 13.6 Å². The van der Waals surface area contributed by atoms with E-state index in [1.807, 2.05) is 18.3 Å². The standard InChI is InChI=1S/C23H21F2N9O2/c1-12(2)13-4-3-7-33-17(13)10-16(31-33)19-18-14(26-11-27-18)5-8-32(19)22(35)21-29-28-20(36-21)15-6-9-34(30-15)23(24)25/h3-4,6-7,9-12,19,23H,5,8H2,1-2H3,(H,26,27). The van der Waals surface area contributed by atoms with Crippen molar-refractivity contribution in [1.29, 1.82) is 0 Å². The molecule has 1 N–H and O–H groups in total. The zero-order chi connectivity index (χ0) is 25.0. The number of fused-ring (bicyclic) bond motifs is 2. The van der Waals surface area contributed by atoms with Gasteiger partial charge < -0.3 is 14.3 Å². The Morgan fingerprint density at radius 3 is 2.83 bits per heavy atom. The third-order valence-corrected chi connectivity index (χ3v) is 6.28. The molecule has 0 radical (unpaired) electrons. The summed E-state index contributed by atoms with van der Waals surface area (Å²) in [6, 6.07) is 6.71. The van der Waals surface area contributed by atoms with Crippen LogP contribution in [0.3, 0.4) is 0 Å². The molecule has 5 aromatic heterocycles. The normalized spacial score (nSPS) is 15.8. The maximum atomic E-state index is 13.6. The minimum Gasteiger partial charge on any atom is -0.411 e. The van der Waals surface area contributed by atoms with Crippen molar-refractivity contribution in [2.75, 3.05) is 6.54 Å². The van der Waals surface area contributed by atoms with E-state index in [-0.39, 0.29) is 23.4 Å². The smallest absolute Gasteiger partial charge is 0.333 e. The van der Waals surface area contributed by atoms with Crippen LogP contribution in [0.15, 0.2) is 47.4 Å². The molecule has 1 unspecified atom stereocenters. The minimum absolute atomic E-state index is 0.0493. The molecule has 1 aliphatic rings. The van der Waals surface area contributed by atoms with Crippen molar-refractivity contribution in [3.05, 3.63) is 71.5 Å². The van der Waals surface area contributed by atoms with E-state index in [0.29, 0.717) is 29.0 Å². The van der Waals surface area contributed by atoms with Gasteiger partial charge in [0, 0.05) is 31.1 Å². The number of alkyl halides is 2. The van der Waals surface area contributed by atoms with Crippen molar-refractivity contribution in [3.63, 3.8) is 0 Å². The highest BCUT2D eigenvalue weighted by atomic mass is 19.3. The lowest BCUT2D eigenvalue weighted by Crippen LogP contribution is -2.41. The molecule has 0 saturated carbocycles. The molecule has 6 heterocycles. The number of H-pyrrole nitrogens is 1. The molecule has 0 aliphatic carbocycles. The fraction of sp³-hybridized carbons (Fsp3) is 0.304. The molecule has 1 atom stereocenters. The predicted molar refractivity (Wildman–Crippen MR) is 121 cm³/mol. The number of amides is 1. The van der Waals surface area contributed by atoms with Crippen LogP contribution in [-0.4, -0.2) is 56.9 Å². The van der Waals surface area contributed by atoms with Crippen LogP contribution in [0.1, 0.15) is 65.7 Å². The van der Waals surface area contributed by atoms with Crippen LogP contribution in [0.2, 0.25) is 0 Å². The molecule has 184 valence electrons. The zero-order valence-corrected chi connectivity index (χ0v) is 19.3. The summed E-state index contributed by atoms with van der Waals surface area (Å²) >= 11 is 0. The van der Waals surface area contributed by atoms with Gasteiger partial charge in [-0.05, 0) is 29.7 Å². The van der Waals surface area contributed by atoms with Crippen molar-refractivity contribution in [3.8, 4) is 11.6 Å². The second kappa shape index (κ2) is 8.36. The average molecular weight is 493 g/mol. The Kier molecular flexibility index (Phi) is 5.12. The SMILES string of the molecule is CC(C)c1cccn2nc(C3c4nc[nH]c4CCN3C(=O)c3nnc(-c4ccn(C(F)F)n4)o3)cc12. The molecule has 0 aromatic carbocycles. The second-order valence-electron chi connectivity index (χ2n) is 8.81. The molecular weight excluding hydrogens is 472 g/mol. The Bertz CT molecular complexity index is 1560. The first-order valence-electron chi connectivity index (χ1n) is 11.4. The molecule has 0 fully saturated rings. The molecule has 0 bridgehead atoms. The van der Waals surface area contributed by atoms with Gasteiger partial charge in [0.25, 0.3) is 5.89 Å². The number of nitrogens with zero attached hydrogens (tertiary/aromatic N) is 8.